The molecule has 0 unspecified atom stereocenters. The van der Waals surface area contributed by atoms with Crippen molar-refractivity contribution in [1.29, 1.82) is 0 Å². The summed E-state index contributed by atoms with van der Waals surface area (Å²) in [4.78, 5) is 21.0. The number of nitrogens with one attached hydrogen (secondary N) is 1. The summed E-state index contributed by atoms with van der Waals surface area (Å²) in [5, 5.41) is 2.87. The van der Waals surface area contributed by atoms with Crippen molar-refractivity contribution < 1.29 is 9.53 Å². The number of pyridine rings is 1. The van der Waals surface area contributed by atoms with Crippen LogP contribution >= 0.6 is 0 Å². The fourth-order valence-corrected chi connectivity index (χ4v) is 3.12. The summed E-state index contributed by atoms with van der Waals surface area (Å²) in [5.74, 6) is 1.75. The Labute approximate surface area is 154 Å². The summed E-state index contributed by atoms with van der Waals surface area (Å²) >= 11 is 0. The second-order valence-electron chi connectivity index (χ2n) is 6.31. The third kappa shape index (κ3) is 4.07. The molecule has 138 valence electrons. The third-order valence-corrected chi connectivity index (χ3v) is 4.58. The molecule has 0 aliphatic carbocycles. The first-order chi connectivity index (χ1) is 12.7. The van der Waals surface area contributed by atoms with Crippen molar-refractivity contribution in [3.63, 3.8) is 0 Å². The Bertz CT molecular complexity index is 725. The molecule has 1 aromatic carbocycles. The number of rotatable bonds is 6. The van der Waals surface area contributed by atoms with Crippen LogP contribution in [-0.2, 0) is 0 Å². The third-order valence-electron chi connectivity index (χ3n) is 4.58. The van der Waals surface area contributed by atoms with Gasteiger partial charge in [0, 0.05) is 38.9 Å². The molecule has 6 heteroatoms. The topological polar surface area (TPSA) is 57.7 Å². The standard InChI is InChI=1S/C20H26N4O2/c1-3-10-21-20(25)16-8-9-19(22-15-16)24-13-11-23(12-14-24)17-6-4-5-7-18(17)26-2/h4-9,15H,3,10-14H2,1-2H3,(H,21,25). The Morgan fingerprint density at radius 1 is 1.12 bits per heavy atom. The second-order valence-corrected chi connectivity index (χ2v) is 6.31. The lowest BCUT2D eigenvalue weighted by molar-refractivity contribution is 0.0953. The van der Waals surface area contributed by atoms with Crippen molar-refractivity contribution >= 4 is 17.4 Å². The van der Waals surface area contributed by atoms with Gasteiger partial charge >= 0.3 is 0 Å². The maximum Gasteiger partial charge on any atom is 0.252 e. The highest BCUT2D eigenvalue weighted by atomic mass is 16.5. The lowest BCUT2D eigenvalue weighted by atomic mass is 10.2. The number of amides is 1. The number of anilines is 2. The summed E-state index contributed by atoms with van der Waals surface area (Å²) < 4.78 is 5.47. The molecule has 0 spiro atoms. The van der Waals surface area contributed by atoms with E-state index in [0.29, 0.717) is 12.1 Å². The van der Waals surface area contributed by atoms with Crippen molar-refractivity contribution in [2.24, 2.45) is 0 Å². The van der Waals surface area contributed by atoms with Gasteiger partial charge in [0.2, 0.25) is 0 Å². The van der Waals surface area contributed by atoms with Crippen LogP contribution in [0.25, 0.3) is 0 Å². The molecule has 1 aliphatic rings. The number of benzene rings is 1. The Morgan fingerprint density at radius 3 is 2.50 bits per heavy atom. The van der Waals surface area contributed by atoms with Crippen molar-refractivity contribution in [2.45, 2.75) is 13.3 Å². The van der Waals surface area contributed by atoms with E-state index in [-0.39, 0.29) is 5.91 Å². The molecule has 6 nitrogen and oxygen atoms in total. The molecule has 1 saturated heterocycles. The monoisotopic (exact) mass is 354 g/mol. The fourth-order valence-electron chi connectivity index (χ4n) is 3.12. The SMILES string of the molecule is CCCNC(=O)c1ccc(N2CCN(c3ccccc3OC)CC2)nc1. The smallest absolute Gasteiger partial charge is 0.252 e. The van der Waals surface area contributed by atoms with Crippen LogP contribution in [0.2, 0.25) is 0 Å². The molecule has 2 aromatic rings. The quantitative estimate of drug-likeness (QED) is 0.864. The minimum atomic E-state index is -0.0631. The number of carbonyl (C=O) groups is 1. The van der Waals surface area contributed by atoms with Gasteiger partial charge in [-0.3, -0.25) is 4.79 Å². The molecular weight excluding hydrogens is 328 g/mol. The van der Waals surface area contributed by atoms with Gasteiger partial charge in [0.05, 0.1) is 18.4 Å². The van der Waals surface area contributed by atoms with Crippen molar-refractivity contribution in [3.8, 4) is 5.75 Å². The largest absolute Gasteiger partial charge is 0.495 e. The Balaban J connectivity index is 1.60. The first-order valence-corrected chi connectivity index (χ1v) is 9.10. The van der Waals surface area contributed by atoms with Gasteiger partial charge < -0.3 is 19.9 Å². The van der Waals surface area contributed by atoms with E-state index < -0.39 is 0 Å². The van der Waals surface area contributed by atoms with E-state index in [9.17, 15) is 4.79 Å². The van der Waals surface area contributed by atoms with Gasteiger partial charge in [-0.1, -0.05) is 19.1 Å². The van der Waals surface area contributed by atoms with E-state index in [1.807, 2.05) is 37.3 Å². The summed E-state index contributed by atoms with van der Waals surface area (Å²) in [7, 11) is 1.71. The highest BCUT2D eigenvalue weighted by Crippen LogP contribution is 2.28. The number of carbonyl (C=O) groups excluding carboxylic acids is 1. The highest BCUT2D eigenvalue weighted by Gasteiger charge is 2.20. The Kier molecular flexibility index (Phi) is 5.94. The molecule has 26 heavy (non-hydrogen) atoms. The zero-order valence-corrected chi connectivity index (χ0v) is 15.4. The molecule has 0 atom stereocenters. The van der Waals surface area contributed by atoms with Crippen molar-refractivity contribution in [2.75, 3.05) is 49.6 Å². The van der Waals surface area contributed by atoms with E-state index >= 15 is 0 Å². The number of para-hydroxylation sites is 2. The van der Waals surface area contributed by atoms with Crippen LogP contribution in [0.3, 0.4) is 0 Å². The van der Waals surface area contributed by atoms with Gasteiger partial charge in [0.25, 0.3) is 5.91 Å². The number of hydrogen-bond acceptors (Lipinski definition) is 5. The fraction of sp³-hybridized carbons (Fsp3) is 0.400. The molecule has 3 rings (SSSR count). The van der Waals surface area contributed by atoms with Crippen LogP contribution in [0.15, 0.2) is 42.6 Å². The first kappa shape index (κ1) is 18.0. The van der Waals surface area contributed by atoms with Gasteiger partial charge in [-0.05, 0) is 30.7 Å². The lowest BCUT2D eigenvalue weighted by Crippen LogP contribution is -2.47. The average Bonchev–Trinajstić information content (AvgIpc) is 2.72. The summed E-state index contributed by atoms with van der Waals surface area (Å²) in [5.41, 5.74) is 1.74. The number of aromatic nitrogens is 1. The summed E-state index contributed by atoms with van der Waals surface area (Å²) in [6.45, 7) is 6.29. The van der Waals surface area contributed by atoms with E-state index in [4.69, 9.17) is 4.74 Å². The molecule has 0 bridgehead atoms. The number of ether oxygens (including phenoxy) is 1. The molecular formula is C20H26N4O2. The van der Waals surface area contributed by atoms with Gasteiger partial charge in [-0.2, -0.15) is 0 Å². The van der Waals surface area contributed by atoms with Gasteiger partial charge in [0.15, 0.2) is 0 Å². The molecule has 1 fully saturated rings. The number of hydrogen-bond donors (Lipinski definition) is 1. The minimum Gasteiger partial charge on any atom is -0.495 e. The number of methoxy groups -OCH3 is 1. The van der Waals surface area contributed by atoms with Crippen LogP contribution in [-0.4, -0.2) is 50.7 Å². The van der Waals surface area contributed by atoms with E-state index in [2.05, 4.69) is 26.2 Å². The summed E-state index contributed by atoms with van der Waals surface area (Å²) in [6, 6.07) is 11.9. The van der Waals surface area contributed by atoms with Crippen LogP contribution in [0.4, 0.5) is 11.5 Å². The molecule has 1 aromatic heterocycles. The molecule has 2 heterocycles. The predicted molar refractivity (Wildman–Crippen MR) is 104 cm³/mol. The zero-order valence-electron chi connectivity index (χ0n) is 15.4. The number of piperazine rings is 1. The maximum absolute atomic E-state index is 12.0. The normalized spacial score (nSPS) is 14.2. The molecule has 1 aliphatic heterocycles. The van der Waals surface area contributed by atoms with E-state index in [1.165, 1.54) is 0 Å². The molecule has 1 N–H and O–H groups in total. The maximum atomic E-state index is 12.0. The van der Waals surface area contributed by atoms with Gasteiger partial charge in [-0.15, -0.1) is 0 Å². The first-order valence-electron chi connectivity index (χ1n) is 9.10. The molecule has 1 amide bonds. The van der Waals surface area contributed by atoms with Crippen LogP contribution in [0.5, 0.6) is 5.75 Å². The predicted octanol–water partition coefficient (Wildman–Crippen LogP) is 2.56. The van der Waals surface area contributed by atoms with Gasteiger partial charge in [-0.25, -0.2) is 4.98 Å². The van der Waals surface area contributed by atoms with Crippen LogP contribution in [0.1, 0.15) is 23.7 Å². The van der Waals surface area contributed by atoms with Crippen molar-refractivity contribution in [1.82, 2.24) is 10.3 Å². The minimum absolute atomic E-state index is 0.0631. The lowest BCUT2D eigenvalue weighted by Gasteiger charge is -2.37. The Hall–Kier alpha value is -2.76. The number of nitrogens with zero attached hydrogens (tertiary/aromatic N) is 3. The zero-order chi connectivity index (χ0) is 18.4. The molecule has 0 saturated carbocycles. The van der Waals surface area contributed by atoms with Crippen LogP contribution < -0.4 is 19.9 Å². The summed E-state index contributed by atoms with van der Waals surface area (Å²) in [6.07, 6.45) is 2.58. The van der Waals surface area contributed by atoms with E-state index in [1.54, 1.807) is 13.3 Å². The van der Waals surface area contributed by atoms with Gasteiger partial charge in [0.1, 0.15) is 11.6 Å². The molecule has 0 radical (unpaired) electrons. The van der Waals surface area contributed by atoms with E-state index in [0.717, 1.165) is 49.9 Å². The van der Waals surface area contributed by atoms with Crippen molar-refractivity contribution in [3.05, 3.63) is 48.2 Å². The highest BCUT2D eigenvalue weighted by molar-refractivity contribution is 5.94. The Morgan fingerprint density at radius 2 is 1.85 bits per heavy atom. The second kappa shape index (κ2) is 8.56. The van der Waals surface area contributed by atoms with Crippen LogP contribution in [0, 0.1) is 0 Å². The average molecular weight is 354 g/mol.